The number of pyridine rings is 2. The van der Waals surface area contributed by atoms with Gasteiger partial charge in [0.25, 0.3) is 0 Å². The van der Waals surface area contributed by atoms with Gasteiger partial charge in [-0.25, -0.2) is 9.97 Å². The Kier molecular flexibility index (Phi) is 6.91. The number of fused-ring (bicyclic) bond motifs is 1. The molecule has 0 unspecified atom stereocenters. The third kappa shape index (κ3) is 5.57. The molecule has 40 heavy (non-hydrogen) atoms. The van der Waals surface area contributed by atoms with Crippen LogP contribution < -0.4 is 4.90 Å². The first-order valence-corrected chi connectivity index (χ1v) is 14.4. The van der Waals surface area contributed by atoms with Crippen LogP contribution in [0.25, 0.3) is 22.2 Å². The summed E-state index contributed by atoms with van der Waals surface area (Å²) in [5.41, 5.74) is 6.51. The van der Waals surface area contributed by atoms with E-state index in [0.717, 1.165) is 111 Å². The highest BCUT2D eigenvalue weighted by Crippen LogP contribution is 2.31. The molecule has 3 aliphatic rings. The summed E-state index contributed by atoms with van der Waals surface area (Å²) in [7, 11) is 0. The lowest BCUT2D eigenvalue weighted by molar-refractivity contribution is -0.134. The van der Waals surface area contributed by atoms with Crippen molar-refractivity contribution in [3.8, 4) is 11.1 Å². The van der Waals surface area contributed by atoms with Gasteiger partial charge in [0.05, 0.1) is 24.2 Å². The van der Waals surface area contributed by atoms with E-state index in [0.29, 0.717) is 18.2 Å². The molecule has 1 amide bonds. The molecule has 206 valence electrons. The summed E-state index contributed by atoms with van der Waals surface area (Å²) >= 11 is 0. The number of aromatic amines is 1. The Labute approximate surface area is 234 Å². The van der Waals surface area contributed by atoms with Gasteiger partial charge >= 0.3 is 0 Å². The zero-order valence-corrected chi connectivity index (χ0v) is 22.8. The highest BCUT2D eigenvalue weighted by atomic mass is 16.5. The highest BCUT2D eigenvalue weighted by Gasteiger charge is 2.34. The Morgan fingerprint density at radius 3 is 2.52 bits per heavy atom. The normalized spacial score (nSPS) is 18.4. The van der Waals surface area contributed by atoms with Crippen LogP contribution in [0.2, 0.25) is 0 Å². The number of hydrogen-bond acceptors (Lipinski definition) is 7. The molecular formula is C31H35N7O2. The van der Waals surface area contributed by atoms with Gasteiger partial charge in [0.15, 0.2) is 0 Å². The van der Waals surface area contributed by atoms with Crippen LogP contribution in [0.3, 0.4) is 0 Å². The summed E-state index contributed by atoms with van der Waals surface area (Å²) in [6.07, 6.45) is 6.58. The van der Waals surface area contributed by atoms with Crippen LogP contribution in [0.15, 0.2) is 54.9 Å². The zero-order chi connectivity index (χ0) is 26.9. The van der Waals surface area contributed by atoms with Gasteiger partial charge in [-0.05, 0) is 65.9 Å². The molecule has 1 aliphatic carbocycles. The summed E-state index contributed by atoms with van der Waals surface area (Å²) in [4.78, 5) is 36.7. The number of benzene rings is 1. The first-order chi connectivity index (χ1) is 19.7. The Bertz CT molecular complexity index is 1500. The standard InChI is InChI=1S/C31H35N7O2/c39-31(23-1-2-23)38-11-9-36(10-12-38)21-22-5-7-32-26(17-22)20-29-34-27-4-3-24(18-28(27)35-29)25-6-8-33-30(19-25)37-13-15-40-16-14-37/h3-8,17-19,23H,1-2,9-16,20-21H2,(H,34,35). The van der Waals surface area contributed by atoms with Crippen LogP contribution in [0, 0.1) is 5.92 Å². The second-order valence-electron chi connectivity index (χ2n) is 11.1. The van der Waals surface area contributed by atoms with Crippen molar-refractivity contribution in [2.75, 3.05) is 57.4 Å². The fourth-order valence-electron chi connectivity index (χ4n) is 5.76. The molecule has 0 radical (unpaired) electrons. The minimum atomic E-state index is 0.308. The number of carbonyl (C=O) groups excluding carboxylic acids is 1. The van der Waals surface area contributed by atoms with Crippen LogP contribution in [0.1, 0.15) is 29.9 Å². The molecule has 0 atom stereocenters. The molecule has 9 heteroatoms. The maximum absolute atomic E-state index is 12.4. The summed E-state index contributed by atoms with van der Waals surface area (Å²) in [5.74, 6) is 2.57. The highest BCUT2D eigenvalue weighted by molar-refractivity contribution is 5.82. The van der Waals surface area contributed by atoms with Gasteiger partial charge in [-0.2, -0.15) is 0 Å². The van der Waals surface area contributed by atoms with Crippen molar-refractivity contribution in [1.29, 1.82) is 0 Å². The van der Waals surface area contributed by atoms with Crippen molar-refractivity contribution in [2.24, 2.45) is 5.92 Å². The van der Waals surface area contributed by atoms with Crippen molar-refractivity contribution >= 4 is 22.8 Å². The van der Waals surface area contributed by atoms with E-state index in [1.807, 2.05) is 12.4 Å². The minimum Gasteiger partial charge on any atom is -0.378 e. The first-order valence-electron chi connectivity index (χ1n) is 14.4. The summed E-state index contributed by atoms with van der Waals surface area (Å²) < 4.78 is 5.49. The zero-order valence-electron chi connectivity index (χ0n) is 22.8. The predicted molar refractivity (Wildman–Crippen MR) is 154 cm³/mol. The fraction of sp³-hybridized carbons (Fsp3) is 0.419. The molecule has 7 rings (SSSR count). The lowest BCUT2D eigenvalue weighted by Crippen LogP contribution is -2.48. The maximum atomic E-state index is 12.4. The van der Waals surface area contributed by atoms with Crippen LogP contribution in [-0.2, 0) is 22.5 Å². The number of nitrogens with zero attached hydrogens (tertiary/aromatic N) is 6. The molecule has 3 fully saturated rings. The largest absolute Gasteiger partial charge is 0.378 e. The lowest BCUT2D eigenvalue weighted by Gasteiger charge is -2.35. The molecule has 3 aromatic heterocycles. The second kappa shape index (κ2) is 11.0. The summed E-state index contributed by atoms with van der Waals surface area (Å²) in [5, 5.41) is 0. The van der Waals surface area contributed by atoms with Crippen LogP contribution >= 0.6 is 0 Å². The Morgan fingerprint density at radius 2 is 1.70 bits per heavy atom. The quantitative estimate of drug-likeness (QED) is 0.386. The van der Waals surface area contributed by atoms with Crippen molar-refractivity contribution in [3.05, 3.63) is 71.9 Å². The van der Waals surface area contributed by atoms with E-state index >= 15 is 0 Å². The van der Waals surface area contributed by atoms with Crippen molar-refractivity contribution in [2.45, 2.75) is 25.8 Å². The Hall–Kier alpha value is -3.82. The Morgan fingerprint density at radius 1 is 0.900 bits per heavy atom. The number of morpholine rings is 1. The second-order valence-corrected chi connectivity index (χ2v) is 11.1. The molecule has 1 saturated carbocycles. The molecule has 2 saturated heterocycles. The molecule has 1 aromatic carbocycles. The molecule has 1 N–H and O–H groups in total. The molecule has 5 heterocycles. The number of nitrogens with one attached hydrogen (secondary N) is 1. The number of carbonyl (C=O) groups is 1. The minimum absolute atomic E-state index is 0.308. The number of piperazine rings is 1. The summed E-state index contributed by atoms with van der Waals surface area (Å²) in [6.45, 7) is 7.62. The average Bonchev–Trinajstić information content (AvgIpc) is 3.77. The molecule has 4 aromatic rings. The molecule has 0 bridgehead atoms. The van der Waals surface area contributed by atoms with Gasteiger partial charge in [0.1, 0.15) is 11.6 Å². The number of imidazole rings is 1. The van der Waals surface area contributed by atoms with Gasteiger partial charge in [0, 0.05) is 76.2 Å². The van der Waals surface area contributed by atoms with Crippen molar-refractivity contribution in [3.63, 3.8) is 0 Å². The average molecular weight is 538 g/mol. The van der Waals surface area contributed by atoms with Gasteiger partial charge < -0.3 is 19.5 Å². The van der Waals surface area contributed by atoms with Crippen molar-refractivity contribution in [1.82, 2.24) is 29.7 Å². The van der Waals surface area contributed by atoms with Crippen LogP contribution in [0.4, 0.5) is 5.82 Å². The number of aromatic nitrogens is 4. The monoisotopic (exact) mass is 537 g/mol. The Balaban J connectivity index is 1.01. The van der Waals surface area contributed by atoms with Crippen molar-refractivity contribution < 1.29 is 9.53 Å². The van der Waals surface area contributed by atoms with Crippen LogP contribution in [0.5, 0.6) is 0 Å². The van der Waals surface area contributed by atoms with E-state index in [2.05, 4.69) is 72.1 Å². The van der Waals surface area contributed by atoms with Crippen LogP contribution in [-0.4, -0.2) is 88.1 Å². The third-order valence-corrected chi connectivity index (χ3v) is 8.19. The van der Waals surface area contributed by atoms with Gasteiger partial charge in [0.2, 0.25) is 5.91 Å². The van der Waals surface area contributed by atoms with E-state index in [9.17, 15) is 4.79 Å². The molecule has 2 aliphatic heterocycles. The smallest absolute Gasteiger partial charge is 0.225 e. The summed E-state index contributed by atoms with van der Waals surface area (Å²) in [6, 6.07) is 14.9. The van der Waals surface area contributed by atoms with E-state index in [1.54, 1.807) is 0 Å². The SMILES string of the molecule is O=C(C1CC1)N1CCN(Cc2ccnc(Cc3nc4ccc(-c5ccnc(N6CCOCC6)c5)cc4[nH]3)c2)CC1. The van der Waals surface area contributed by atoms with E-state index in [4.69, 9.17) is 9.72 Å². The topological polar surface area (TPSA) is 90.5 Å². The van der Waals surface area contributed by atoms with Gasteiger partial charge in [-0.15, -0.1) is 0 Å². The maximum Gasteiger partial charge on any atom is 0.225 e. The number of anilines is 1. The fourth-order valence-corrected chi connectivity index (χ4v) is 5.76. The third-order valence-electron chi connectivity index (χ3n) is 8.19. The number of H-pyrrole nitrogens is 1. The molecule has 0 spiro atoms. The number of hydrogen-bond donors (Lipinski definition) is 1. The van der Waals surface area contributed by atoms with E-state index < -0.39 is 0 Å². The number of amides is 1. The van der Waals surface area contributed by atoms with E-state index in [1.165, 1.54) is 5.56 Å². The molecule has 9 nitrogen and oxygen atoms in total. The predicted octanol–water partition coefficient (Wildman–Crippen LogP) is 3.50. The van der Waals surface area contributed by atoms with Gasteiger partial charge in [-0.3, -0.25) is 14.7 Å². The first kappa shape index (κ1) is 25.2. The lowest BCUT2D eigenvalue weighted by atomic mass is 10.1. The van der Waals surface area contributed by atoms with E-state index in [-0.39, 0.29) is 0 Å². The van der Waals surface area contributed by atoms with Gasteiger partial charge in [-0.1, -0.05) is 6.07 Å². The molecular weight excluding hydrogens is 502 g/mol. The number of ether oxygens (including phenoxy) is 1. The number of rotatable bonds is 7.